The molecule has 0 spiro atoms. The summed E-state index contributed by atoms with van der Waals surface area (Å²) in [6.07, 6.45) is 3.93. The molecule has 118 valence electrons. The Morgan fingerprint density at radius 2 is 1.77 bits per heavy atom. The lowest BCUT2D eigenvalue weighted by molar-refractivity contribution is -0.116. The van der Waals surface area contributed by atoms with Crippen LogP contribution in [0.15, 0.2) is 34.3 Å². The van der Waals surface area contributed by atoms with Crippen LogP contribution in [-0.4, -0.2) is 35.7 Å². The van der Waals surface area contributed by atoms with E-state index in [2.05, 4.69) is 9.98 Å². The van der Waals surface area contributed by atoms with Crippen molar-refractivity contribution in [1.82, 2.24) is 4.90 Å². The molecule has 1 aliphatic rings. The van der Waals surface area contributed by atoms with Crippen LogP contribution < -0.4 is 11.5 Å². The van der Waals surface area contributed by atoms with E-state index in [1.54, 1.807) is 6.92 Å². The number of carbonyl (C=O) groups excluding carboxylic acids is 1. The Balaban J connectivity index is 2.02. The summed E-state index contributed by atoms with van der Waals surface area (Å²) in [6.45, 7) is 3.41. The molecule has 0 unspecified atom stereocenters. The van der Waals surface area contributed by atoms with E-state index >= 15 is 0 Å². The number of guanidine groups is 2. The first kappa shape index (κ1) is 16.0. The molecule has 1 aromatic carbocycles. The van der Waals surface area contributed by atoms with Gasteiger partial charge in [-0.05, 0) is 43.9 Å². The highest BCUT2D eigenvalue weighted by Crippen LogP contribution is 2.14. The zero-order chi connectivity index (χ0) is 15.9. The standard InChI is InChI=1S/C16H23N5O/c1-12(22)11-13-5-7-14(8-6-13)19-15(17)20-16(18)21-9-3-2-4-10-21/h5-8H,2-4,9-11H2,1H3,(H4,17,18,19,20). The van der Waals surface area contributed by atoms with Gasteiger partial charge < -0.3 is 16.4 Å². The number of Topliss-reactive ketones (excluding diaryl/α,β-unsaturated/α-hetero) is 1. The van der Waals surface area contributed by atoms with E-state index in [1.807, 2.05) is 29.2 Å². The van der Waals surface area contributed by atoms with Gasteiger partial charge in [0.2, 0.25) is 5.96 Å². The summed E-state index contributed by atoms with van der Waals surface area (Å²) in [5, 5.41) is 0. The Bertz CT molecular complexity index is 571. The predicted molar refractivity (Wildman–Crippen MR) is 89.2 cm³/mol. The number of piperidine rings is 1. The molecular formula is C16H23N5O. The van der Waals surface area contributed by atoms with Gasteiger partial charge in [-0.15, -0.1) is 0 Å². The van der Waals surface area contributed by atoms with Crippen LogP contribution in [0.5, 0.6) is 0 Å². The number of likely N-dealkylation sites (tertiary alicyclic amines) is 1. The second kappa shape index (κ2) is 7.59. The summed E-state index contributed by atoms with van der Waals surface area (Å²) in [5.74, 6) is 0.700. The minimum atomic E-state index is 0.134. The fourth-order valence-electron chi connectivity index (χ4n) is 2.44. The number of aliphatic imine (C=N–C) groups is 2. The van der Waals surface area contributed by atoms with Crippen LogP contribution in [0.25, 0.3) is 0 Å². The number of nitrogens with two attached hydrogens (primary N) is 2. The second-order valence-electron chi connectivity index (χ2n) is 5.53. The van der Waals surface area contributed by atoms with E-state index in [4.69, 9.17) is 11.5 Å². The summed E-state index contributed by atoms with van der Waals surface area (Å²) < 4.78 is 0. The van der Waals surface area contributed by atoms with Crippen LogP contribution in [0.3, 0.4) is 0 Å². The van der Waals surface area contributed by atoms with Crippen molar-refractivity contribution in [3.05, 3.63) is 29.8 Å². The quantitative estimate of drug-likeness (QED) is 0.654. The minimum absolute atomic E-state index is 0.134. The lowest BCUT2D eigenvalue weighted by Gasteiger charge is -2.27. The molecule has 1 fully saturated rings. The van der Waals surface area contributed by atoms with Gasteiger partial charge in [0.1, 0.15) is 5.78 Å². The van der Waals surface area contributed by atoms with E-state index in [0.29, 0.717) is 18.1 Å². The van der Waals surface area contributed by atoms with Gasteiger partial charge in [0.25, 0.3) is 0 Å². The number of benzene rings is 1. The number of carbonyl (C=O) groups is 1. The molecule has 0 atom stereocenters. The highest BCUT2D eigenvalue weighted by atomic mass is 16.1. The molecule has 1 saturated heterocycles. The molecule has 1 aliphatic heterocycles. The van der Waals surface area contributed by atoms with Gasteiger partial charge in [0, 0.05) is 19.5 Å². The third kappa shape index (κ3) is 4.87. The van der Waals surface area contributed by atoms with Gasteiger partial charge in [-0.2, -0.15) is 4.99 Å². The summed E-state index contributed by atoms with van der Waals surface area (Å²) in [7, 11) is 0. The summed E-state index contributed by atoms with van der Waals surface area (Å²) in [4.78, 5) is 21.5. The molecule has 6 nitrogen and oxygen atoms in total. The maximum atomic E-state index is 11.1. The number of rotatable bonds is 3. The van der Waals surface area contributed by atoms with Crippen LogP contribution in [-0.2, 0) is 11.2 Å². The third-order valence-electron chi connectivity index (χ3n) is 3.54. The van der Waals surface area contributed by atoms with Crippen molar-refractivity contribution in [2.75, 3.05) is 13.1 Å². The van der Waals surface area contributed by atoms with Gasteiger partial charge in [0.15, 0.2) is 5.96 Å². The first-order valence-electron chi connectivity index (χ1n) is 7.56. The molecule has 0 aromatic heterocycles. The minimum Gasteiger partial charge on any atom is -0.369 e. The van der Waals surface area contributed by atoms with Gasteiger partial charge in [-0.1, -0.05) is 12.1 Å². The normalized spacial score (nSPS) is 16.7. The largest absolute Gasteiger partial charge is 0.369 e. The lowest BCUT2D eigenvalue weighted by atomic mass is 10.1. The van der Waals surface area contributed by atoms with E-state index in [1.165, 1.54) is 6.42 Å². The summed E-state index contributed by atoms with van der Waals surface area (Å²) in [5.41, 5.74) is 13.4. The molecule has 0 amide bonds. The van der Waals surface area contributed by atoms with Crippen molar-refractivity contribution in [3.63, 3.8) is 0 Å². The predicted octanol–water partition coefficient (Wildman–Crippen LogP) is 1.56. The average molecular weight is 301 g/mol. The second-order valence-corrected chi connectivity index (χ2v) is 5.53. The molecule has 1 heterocycles. The van der Waals surface area contributed by atoms with Gasteiger partial charge in [-0.25, -0.2) is 4.99 Å². The molecule has 22 heavy (non-hydrogen) atoms. The fourth-order valence-corrected chi connectivity index (χ4v) is 2.44. The molecule has 1 aromatic rings. The smallest absolute Gasteiger partial charge is 0.223 e. The van der Waals surface area contributed by atoms with Gasteiger partial charge in [0.05, 0.1) is 5.69 Å². The number of hydrogen-bond acceptors (Lipinski definition) is 2. The van der Waals surface area contributed by atoms with E-state index in [-0.39, 0.29) is 11.7 Å². The Hall–Kier alpha value is -2.37. The first-order valence-corrected chi connectivity index (χ1v) is 7.56. The van der Waals surface area contributed by atoms with Crippen LogP contribution >= 0.6 is 0 Å². The highest BCUT2D eigenvalue weighted by Gasteiger charge is 2.12. The van der Waals surface area contributed by atoms with Crippen LogP contribution in [0.2, 0.25) is 0 Å². The van der Waals surface area contributed by atoms with E-state index < -0.39 is 0 Å². The van der Waals surface area contributed by atoms with Crippen molar-refractivity contribution in [1.29, 1.82) is 0 Å². The Labute approximate surface area is 130 Å². The molecule has 0 bridgehead atoms. The van der Waals surface area contributed by atoms with Crippen molar-refractivity contribution in [2.45, 2.75) is 32.6 Å². The van der Waals surface area contributed by atoms with Crippen molar-refractivity contribution in [3.8, 4) is 0 Å². The van der Waals surface area contributed by atoms with Crippen LogP contribution in [0.1, 0.15) is 31.7 Å². The van der Waals surface area contributed by atoms with Crippen LogP contribution in [0.4, 0.5) is 5.69 Å². The zero-order valence-corrected chi connectivity index (χ0v) is 13.0. The third-order valence-corrected chi connectivity index (χ3v) is 3.54. The Morgan fingerprint density at radius 3 is 2.36 bits per heavy atom. The molecule has 0 saturated carbocycles. The fraction of sp³-hybridized carbons (Fsp3) is 0.438. The summed E-state index contributed by atoms with van der Waals surface area (Å²) >= 11 is 0. The highest BCUT2D eigenvalue weighted by molar-refractivity contribution is 5.94. The van der Waals surface area contributed by atoms with Gasteiger partial charge >= 0.3 is 0 Å². The number of hydrogen-bond donors (Lipinski definition) is 2. The molecule has 4 N–H and O–H groups in total. The Morgan fingerprint density at radius 1 is 1.14 bits per heavy atom. The van der Waals surface area contributed by atoms with E-state index in [9.17, 15) is 4.79 Å². The average Bonchev–Trinajstić information content (AvgIpc) is 2.49. The van der Waals surface area contributed by atoms with Crippen molar-refractivity contribution < 1.29 is 4.79 Å². The van der Waals surface area contributed by atoms with Gasteiger partial charge in [-0.3, -0.25) is 4.79 Å². The van der Waals surface area contributed by atoms with Crippen molar-refractivity contribution >= 4 is 23.4 Å². The van der Waals surface area contributed by atoms with E-state index in [0.717, 1.165) is 31.5 Å². The maximum Gasteiger partial charge on any atom is 0.223 e. The molecular weight excluding hydrogens is 278 g/mol. The monoisotopic (exact) mass is 301 g/mol. The number of ketones is 1. The van der Waals surface area contributed by atoms with Crippen LogP contribution in [0, 0.1) is 0 Å². The molecule has 2 rings (SSSR count). The molecule has 0 radical (unpaired) electrons. The zero-order valence-electron chi connectivity index (χ0n) is 13.0. The molecule has 6 heteroatoms. The topological polar surface area (TPSA) is 97.1 Å². The first-order chi connectivity index (χ1) is 10.5. The van der Waals surface area contributed by atoms with Crippen molar-refractivity contribution in [2.24, 2.45) is 21.5 Å². The number of nitrogens with zero attached hydrogens (tertiary/aromatic N) is 3. The Kier molecular flexibility index (Phi) is 5.52. The molecule has 0 aliphatic carbocycles. The lowest BCUT2D eigenvalue weighted by Crippen LogP contribution is -2.41. The SMILES string of the molecule is CC(=O)Cc1ccc(N=C(N)N=C(N)N2CCCCC2)cc1. The maximum absolute atomic E-state index is 11.1. The summed E-state index contributed by atoms with van der Waals surface area (Å²) in [6, 6.07) is 7.37.